The maximum atomic E-state index is 17.0. The molecule has 4 aromatic rings. The zero-order valence-electron chi connectivity index (χ0n) is 30.7. The fraction of sp³-hybridized carbons (Fsp3) is 0.462. The van der Waals surface area contributed by atoms with E-state index in [1.54, 1.807) is 4.90 Å². The van der Waals surface area contributed by atoms with Gasteiger partial charge in [0.25, 0.3) is 5.91 Å². The summed E-state index contributed by atoms with van der Waals surface area (Å²) in [6.07, 6.45) is 9.38. The Balaban J connectivity index is 0.00000221. The molecule has 0 radical (unpaired) electrons. The second-order valence-corrected chi connectivity index (χ2v) is 17.9. The number of aromatic hydroxyl groups is 1. The summed E-state index contributed by atoms with van der Waals surface area (Å²) in [4.78, 5) is 32.8. The van der Waals surface area contributed by atoms with E-state index in [1.165, 1.54) is 43.8 Å². The van der Waals surface area contributed by atoms with Crippen molar-refractivity contribution in [2.75, 3.05) is 51.0 Å². The van der Waals surface area contributed by atoms with Crippen LogP contribution in [0.1, 0.15) is 51.5 Å². The third kappa shape index (κ3) is 6.35. The molecule has 2 aromatic carbocycles. The molecule has 4 saturated heterocycles. The number of rotatable bonds is 7. The lowest BCUT2D eigenvalue weighted by molar-refractivity contribution is -0.127. The molecule has 11 nitrogen and oxygen atoms in total. The van der Waals surface area contributed by atoms with Gasteiger partial charge in [0.1, 0.15) is 48.5 Å². The van der Waals surface area contributed by atoms with E-state index in [0.717, 1.165) is 19.4 Å². The van der Waals surface area contributed by atoms with Gasteiger partial charge in [-0.3, -0.25) is 20.1 Å². The van der Waals surface area contributed by atoms with Crippen LogP contribution in [0.15, 0.2) is 30.5 Å². The Bertz CT molecular complexity index is 2270. The Hall–Kier alpha value is -4.73. The number of carbonyl (C=O) groups is 1. The topological polar surface area (TPSA) is 136 Å². The number of anilines is 1. The van der Waals surface area contributed by atoms with Crippen molar-refractivity contribution in [3.8, 4) is 35.4 Å². The van der Waals surface area contributed by atoms with E-state index in [4.69, 9.17) is 21.6 Å². The molecule has 4 fully saturated rings. The minimum atomic E-state index is -3.09. The molecule has 2 aromatic heterocycles. The molecule has 54 heavy (non-hydrogen) atoms. The first-order chi connectivity index (χ1) is 25.8. The van der Waals surface area contributed by atoms with E-state index >= 15 is 4.39 Å². The summed E-state index contributed by atoms with van der Waals surface area (Å²) in [5.74, 6) is 0.361. The number of phenols is 1. The molecular weight excluding hydrogens is 718 g/mol. The van der Waals surface area contributed by atoms with Crippen LogP contribution in [0.5, 0.6) is 11.8 Å². The minimum absolute atomic E-state index is 0.0710. The van der Waals surface area contributed by atoms with Crippen molar-refractivity contribution < 1.29 is 32.4 Å². The highest BCUT2D eigenvalue weighted by Crippen LogP contribution is 2.44. The van der Waals surface area contributed by atoms with Gasteiger partial charge in [-0.2, -0.15) is 9.97 Å². The number of phenolic OH excluding ortho intramolecular Hbond substituents is 1. The molecule has 0 saturated carbocycles. The van der Waals surface area contributed by atoms with Crippen LogP contribution in [0.25, 0.3) is 32.9 Å². The zero-order chi connectivity index (χ0) is 38.7. The summed E-state index contributed by atoms with van der Waals surface area (Å²) >= 11 is 0. The van der Waals surface area contributed by atoms with Crippen LogP contribution in [-0.4, -0.2) is 111 Å². The number of halogens is 3. The molecule has 4 aliphatic rings. The summed E-state index contributed by atoms with van der Waals surface area (Å²) in [5, 5.41) is 19.7. The van der Waals surface area contributed by atoms with Gasteiger partial charge in [-0.1, -0.05) is 25.8 Å². The van der Waals surface area contributed by atoms with E-state index in [9.17, 15) is 23.2 Å². The van der Waals surface area contributed by atoms with E-state index < -0.39 is 41.8 Å². The standard InChI is InChI=1S/C37H37F3N7O4P.C2H6/c1-4-25-28(39)9-6-20-12-24(48)13-26(29(20)25)31-30(40)32-27(15-42-31)34(44-36(43-32)51-19-37-10-5-11-46(37)16-21(38)14-37)45-17-22-7-8-23(18-45)47(22)35(49)33(41)52(2,3)50;1-2/h1,6,9,12-13,15,21-23,41,48H,5,7-8,10-11,14,16-19H2,2-3H3;1-2H3/t21?,22-,23?,37?;/m1./s1. The van der Waals surface area contributed by atoms with Crippen LogP contribution in [0.4, 0.5) is 19.0 Å². The van der Waals surface area contributed by atoms with E-state index in [-0.39, 0.29) is 63.6 Å². The molecule has 2 bridgehead atoms. The average Bonchev–Trinajstić information content (AvgIpc) is 3.76. The molecule has 1 amide bonds. The number of ether oxygens (including phenoxy) is 1. The molecule has 8 rings (SSSR count). The fourth-order valence-corrected chi connectivity index (χ4v) is 9.25. The summed E-state index contributed by atoms with van der Waals surface area (Å²) in [6.45, 7) is 8.58. The van der Waals surface area contributed by atoms with Gasteiger partial charge in [-0.05, 0) is 69.1 Å². The predicted molar refractivity (Wildman–Crippen MR) is 203 cm³/mol. The quantitative estimate of drug-likeness (QED) is 0.122. The number of fused-ring (bicyclic) bond motifs is 5. The second-order valence-electron chi connectivity index (χ2n) is 14.7. The molecule has 4 atom stereocenters. The van der Waals surface area contributed by atoms with E-state index in [2.05, 4.69) is 20.8 Å². The van der Waals surface area contributed by atoms with Gasteiger partial charge < -0.3 is 24.2 Å². The van der Waals surface area contributed by atoms with Crippen molar-refractivity contribution in [3.05, 3.63) is 47.7 Å². The lowest BCUT2D eigenvalue weighted by Crippen LogP contribution is -2.57. The summed E-state index contributed by atoms with van der Waals surface area (Å²) in [7, 11) is -3.09. The van der Waals surface area contributed by atoms with Crippen LogP contribution in [0, 0.1) is 29.4 Å². The maximum absolute atomic E-state index is 17.0. The molecule has 6 heterocycles. The van der Waals surface area contributed by atoms with Gasteiger partial charge in [-0.15, -0.1) is 6.42 Å². The number of nitrogens with one attached hydrogen (secondary N) is 1. The first-order valence-corrected chi connectivity index (χ1v) is 20.9. The smallest absolute Gasteiger partial charge is 0.319 e. The number of alkyl halides is 1. The summed E-state index contributed by atoms with van der Waals surface area (Å²) < 4.78 is 65.4. The van der Waals surface area contributed by atoms with Crippen molar-refractivity contribution in [1.82, 2.24) is 24.8 Å². The Morgan fingerprint density at radius 2 is 1.87 bits per heavy atom. The predicted octanol–water partition coefficient (Wildman–Crippen LogP) is 6.57. The third-order valence-electron chi connectivity index (χ3n) is 11.1. The number of benzene rings is 2. The molecule has 2 N–H and O–H groups in total. The molecule has 4 aliphatic heterocycles. The van der Waals surface area contributed by atoms with Gasteiger partial charge in [0.05, 0.1) is 28.6 Å². The van der Waals surface area contributed by atoms with Crippen LogP contribution >= 0.6 is 7.14 Å². The normalized spacial score (nSPS) is 23.6. The SMILES string of the molecule is C#Cc1c(F)ccc2cc(O)cc(-c3ncc4c(N5CC6CC[C@H](C5)N6C(=O)C(=N)P(C)(C)=O)nc(OCC56CCCN5CC(F)C6)nc4c3F)c12.CC. The first-order valence-electron chi connectivity index (χ1n) is 18.3. The number of hydrogen-bond acceptors (Lipinski definition) is 10. The molecule has 3 unspecified atom stereocenters. The van der Waals surface area contributed by atoms with Gasteiger partial charge in [0.2, 0.25) is 0 Å². The maximum Gasteiger partial charge on any atom is 0.319 e. The number of pyridine rings is 1. The number of nitrogens with zero attached hydrogens (tertiary/aromatic N) is 6. The van der Waals surface area contributed by atoms with Crippen LogP contribution in [0.3, 0.4) is 0 Å². The largest absolute Gasteiger partial charge is 0.508 e. The van der Waals surface area contributed by atoms with Gasteiger partial charge in [-0.25, -0.2) is 13.2 Å². The fourth-order valence-electron chi connectivity index (χ4n) is 8.68. The number of terminal acetylenes is 1. The van der Waals surface area contributed by atoms with Crippen molar-refractivity contribution in [2.24, 2.45) is 0 Å². The Morgan fingerprint density at radius 3 is 2.56 bits per heavy atom. The number of carbonyl (C=O) groups excluding carboxylic acids is 1. The van der Waals surface area contributed by atoms with E-state index in [0.29, 0.717) is 50.1 Å². The summed E-state index contributed by atoms with van der Waals surface area (Å²) in [5.41, 5.74) is -1.32. The Kier molecular flexibility index (Phi) is 9.86. The monoisotopic (exact) mass is 761 g/mol. The van der Waals surface area contributed by atoms with Crippen molar-refractivity contribution in [3.63, 3.8) is 0 Å². The molecule has 284 valence electrons. The van der Waals surface area contributed by atoms with E-state index in [1.807, 2.05) is 18.7 Å². The Labute approximate surface area is 311 Å². The second kappa shape index (κ2) is 14.2. The van der Waals surface area contributed by atoms with Gasteiger partial charge >= 0.3 is 6.01 Å². The average molecular weight is 762 g/mol. The van der Waals surface area contributed by atoms with Crippen molar-refractivity contribution in [1.29, 1.82) is 5.41 Å². The van der Waals surface area contributed by atoms with Crippen molar-refractivity contribution >= 4 is 46.0 Å². The highest BCUT2D eigenvalue weighted by Gasteiger charge is 2.50. The van der Waals surface area contributed by atoms with Crippen molar-refractivity contribution in [2.45, 2.75) is 69.7 Å². The van der Waals surface area contributed by atoms with Crippen LogP contribution < -0.4 is 9.64 Å². The van der Waals surface area contributed by atoms with Crippen LogP contribution in [-0.2, 0) is 9.36 Å². The highest BCUT2D eigenvalue weighted by atomic mass is 31.2. The lowest BCUT2D eigenvalue weighted by atomic mass is 9.95. The number of piperazine rings is 1. The third-order valence-corrected chi connectivity index (χ3v) is 12.4. The molecule has 15 heteroatoms. The molecule has 0 aliphatic carbocycles. The number of aromatic nitrogens is 3. The Morgan fingerprint density at radius 1 is 1.15 bits per heavy atom. The lowest BCUT2D eigenvalue weighted by Gasteiger charge is -2.42. The number of amides is 1. The minimum Gasteiger partial charge on any atom is -0.508 e. The van der Waals surface area contributed by atoms with Gasteiger partial charge in [0.15, 0.2) is 11.3 Å². The molecule has 0 spiro atoms. The molecular formula is C39H43F3N7O4P. The van der Waals surface area contributed by atoms with Crippen LogP contribution in [0.2, 0.25) is 0 Å². The zero-order valence-corrected chi connectivity index (χ0v) is 31.6. The first kappa shape index (κ1) is 37.6. The highest BCUT2D eigenvalue weighted by molar-refractivity contribution is 7.82. The summed E-state index contributed by atoms with van der Waals surface area (Å²) in [6, 6.07) is 4.55. The van der Waals surface area contributed by atoms with Gasteiger partial charge in [0, 0.05) is 43.2 Å². The number of hydrogen-bond donors (Lipinski definition) is 2.